The minimum Gasteiger partial charge on any atom is -0.276 e. The van der Waals surface area contributed by atoms with Gasteiger partial charge in [-0.3, -0.25) is 14.8 Å². The van der Waals surface area contributed by atoms with Gasteiger partial charge in [0.1, 0.15) is 0 Å². The van der Waals surface area contributed by atoms with E-state index in [-0.39, 0.29) is 0 Å². The van der Waals surface area contributed by atoms with Gasteiger partial charge in [0.15, 0.2) is 5.54 Å². The molecule has 1 aromatic heterocycles. The van der Waals surface area contributed by atoms with Crippen LogP contribution in [0.1, 0.15) is 27.2 Å². The molecule has 0 fully saturated rings. The molecule has 1 aliphatic heterocycles. The smallest absolute Gasteiger partial charge is 0.253 e. The normalized spacial score (nSPS) is 19.0. The third-order valence-corrected chi connectivity index (χ3v) is 4.57. The van der Waals surface area contributed by atoms with Gasteiger partial charge in [0, 0.05) is 12.4 Å². The van der Waals surface area contributed by atoms with E-state index in [4.69, 9.17) is 23.8 Å². The Labute approximate surface area is 144 Å². The number of pyridine rings is 1. The summed E-state index contributed by atoms with van der Waals surface area (Å²) in [6.45, 7) is 2.01. The molecule has 23 heavy (non-hydrogen) atoms. The fourth-order valence-corrected chi connectivity index (χ4v) is 3.12. The number of benzene rings is 1. The fourth-order valence-electron chi connectivity index (χ4n) is 2.56. The van der Waals surface area contributed by atoms with Gasteiger partial charge in [-0.25, -0.2) is 0 Å². The first kappa shape index (κ1) is 15.7. The molecule has 3 rings (SSSR count). The lowest BCUT2D eigenvalue weighted by atomic mass is 9.86. The Balaban J connectivity index is 2.09. The van der Waals surface area contributed by atoms with Crippen LogP contribution in [0.5, 0.6) is 0 Å². The summed E-state index contributed by atoms with van der Waals surface area (Å²) in [5.74, 6) is 0. The largest absolute Gasteiger partial charge is 0.276 e. The summed E-state index contributed by atoms with van der Waals surface area (Å²) in [6, 6.07) is 11.3. The van der Waals surface area contributed by atoms with Crippen molar-refractivity contribution in [1.29, 1.82) is 0 Å². The minimum absolute atomic E-state index is 0.346. The molecule has 0 bridgehead atoms. The van der Waals surface area contributed by atoms with Crippen LogP contribution in [0.25, 0.3) is 0 Å². The molecule has 5 heteroatoms. The quantitative estimate of drug-likeness (QED) is 0.479. The number of allylic oxidation sites excluding steroid dienone is 1. The van der Waals surface area contributed by atoms with Crippen molar-refractivity contribution in [3.8, 4) is 0 Å². The molecule has 0 N–H and O–H groups in total. The van der Waals surface area contributed by atoms with Crippen LogP contribution >= 0.6 is 23.8 Å². The first-order valence-corrected chi connectivity index (χ1v) is 7.83. The molecular weight excluding hydrogens is 328 g/mol. The lowest BCUT2D eigenvalue weighted by Crippen LogP contribution is -2.31. The molecule has 2 aromatic rings. The predicted octanol–water partition coefficient (Wildman–Crippen LogP) is 4.02. The van der Waals surface area contributed by atoms with E-state index >= 15 is 0 Å². The third kappa shape index (κ3) is 2.76. The Morgan fingerprint density at radius 3 is 2.57 bits per heavy atom. The zero-order valence-electron chi connectivity index (χ0n) is 12.4. The summed E-state index contributed by atoms with van der Waals surface area (Å²) in [7, 11) is 0. The predicted molar refractivity (Wildman–Crippen MR) is 96.6 cm³/mol. The maximum Gasteiger partial charge on any atom is 0.253 e. The standard InChI is InChI=1S/C18H13ClN2OS/c1-12-5-2-3-6-14(12)16(23)18(9-4-10-21-18)15-8-7-13(11-20-15)17(19)22/h2-11H,1H3. The van der Waals surface area contributed by atoms with Crippen molar-refractivity contribution in [2.75, 3.05) is 0 Å². The molecule has 1 unspecified atom stereocenters. The minimum atomic E-state index is -0.824. The van der Waals surface area contributed by atoms with Crippen molar-refractivity contribution in [3.05, 3.63) is 77.1 Å². The van der Waals surface area contributed by atoms with E-state index in [1.807, 2.05) is 43.3 Å². The van der Waals surface area contributed by atoms with Crippen LogP contribution in [0.3, 0.4) is 0 Å². The molecule has 114 valence electrons. The number of aliphatic imine (C=N–C) groups is 1. The summed E-state index contributed by atoms with van der Waals surface area (Å²) < 4.78 is 0. The van der Waals surface area contributed by atoms with Crippen LogP contribution < -0.4 is 0 Å². The second kappa shape index (κ2) is 6.14. The Morgan fingerprint density at radius 1 is 1.22 bits per heavy atom. The van der Waals surface area contributed by atoms with Gasteiger partial charge in [-0.1, -0.05) is 36.5 Å². The van der Waals surface area contributed by atoms with Crippen molar-refractivity contribution in [1.82, 2.24) is 4.98 Å². The summed E-state index contributed by atoms with van der Waals surface area (Å²) in [4.78, 5) is 20.8. The zero-order chi connectivity index (χ0) is 16.4. The number of halogens is 1. The topological polar surface area (TPSA) is 42.3 Å². The Hall–Kier alpha value is -2.17. The number of hydrogen-bond acceptors (Lipinski definition) is 4. The SMILES string of the molecule is Cc1ccccc1C(=S)C1(c2ccc(C(=O)Cl)cn2)C=CC=N1. The van der Waals surface area contributed by atoms with Gasteiger partial charge in [0.05, 0.1) is 16.1 Å². The molecule has 0 amide bonds. The monoisotopic (exact) mass is 340 g/mol. The highest BCUT2D eigenvalue weighted by molar-refractivity contribution is 7.81. The Bertz CT molecular complexity index is 828. The molecule has 1 aliphatic rings. The molecule has 1 atom stereocenters. The molecule has 0 radical (unpaired) electrons. The van der Waals surface area contributed by atoms with Gasteiger partial charge < -0.3 is 0 Å². The van der Waals surface area contributed by atoms with Crippen molar-refractivity contribution in [2.45, 2.75) is 12.5 Å². The molecule has 3 nitrogen and oxygen atoms in total. The van der Waals surface area contributed by atoms with Gasteiger partial charge in [-0.15, -0.1) is 0 Å². The molecule has 0 saturated heterocycles. The van der Waals surface area contributed by atoms with E-state index in [9.17, 15) is 4.79 Å². The molecule has 1 aromatic carbocycles. The van der Waals surface area contributed by atoms with E-state index in [0.717, 1.165) is 11.1 Å². The maximum absolute atomic E-state index is 11.2. The number of carbonyl (C=O) groups excluding carboxylic acids is 1. The number of thiocarbonyl (C=S) groups is 1. The van der Waals surface area contributed by atoms with Crippen molar-refractivity contribution in [3.63, 3.8) is 0 Å². The fraction of sp³-hybridized carbons (Fsp3) is 0.111. The average molecular weight is 341 g/mol. The van der Waals surface area contributed by atoms with E-state index in [0.29, 0.717) is 16.1 Å². The summed E-state index contributed by atoms with van der Waals surface area (Å²) in [5, 5.41) is -0.537. The second-order valence-corrected chi connectivity index (χ2v) is 6.01. The second-order valence-electron chi connectivity index (χ2n) is 5.25. The highest BCUT2D eigenvalue weighted by atomic mass is 35.5. The van der Waals surface area contributed by atoms with Crippen LogP contribution in [-0.4, -0.2) is 21.3 Å². The van der Waals surface area contributed by atoms with Gasteiger partial charge >= 0.3 is 0 Å². The average Bonchev–Trinajstić information content (AvgIpc) is 3.06. The zero-order valence-corrected chi connectivity index (χ0v) is 13.9. The number of aromatic nitrogens is 1. The maximum atomic E-state index is 11.2. The van der Waals surface area contributed by atoms with Gasteiger partial charge in [0.2, 0.25) is 0 Å². The summed E-state index contributed by atoms with van der Waals surface area (Å²) >= 11 is 11.2. The van der Waals surface area contributed by atoms with Crippen LogP contribution in [0, 0.1) is 6.92 Å². The van der Waals surface area contributed by atoms with Gasteiger partial charge in [0.25, 0.3) is 5.24 Å². The van der Waals surface area contributed by atoms with E-state index < -0.39 is 10.8 Å². The summed E-state index contributed by atoms with van der Waals surface area (Å²) in [6.07, 6.45) is 6.95. The van der Waals surface area contributed by atoms with E-state index in [1.165, 1.54) is 6.20 Å². The lowest BCUT2D eigenvalue weighted by Gasteiger charge is -2.26. The van der Waals surface area contributed by atoms with Crippen LogP contribution in [0.15, 0.2) is 59.7 Å². The number of hydrogen-bond donors (Lipinski definition) is 0. The Morgan fingerprint density at radius 2 is 2.00 bits per heavy atom. The van der Waals surface area contributed by atoms with Crippen molar-refractivity contribution < 1.29 is 4.79 Å². The molecule has 2 heterocycles. The Kier molecular flexibility index (Phi) is 4.20. The first-order valence-electron chi connectivity index (χ1n) is 7.04. The van der Waals surface area contributed by atoms with E-state index in [2.05, 4.69) is 9.98 Å². The highest BCUT2D eigenvalue weighted by Gasteiger charge is 2.37. The molecular formula is C18H13ClN2OS. The summed E-state index contributed by atoms with van der Waals surface area (Å²) in [5.41, 5.74) is 2.23. The van der Waals surface area contributed by atoms with Gasteiger partial charge in [-0.05, 0) is 53.9 Å². The molecule has 0 saturated carbocycles. The van der Waals surface area contributed by atoms with Crippen molar-refractivity contribution in [2.24, 2.45) is 4.99 Å². The molecule has 0 spiro atoms. The highest BCUT2D eigenvalue weighted by Crippen LogP contribution is 2.34. The van der Waals surface area contributed by atoms with Gasteiger partial charge in [-0.2, -0.15) is 0 Å². The van der Waals surface area contributed by atoms with Crippen LogP contribution in [0.2, 0.25) is 0 Å². The number of rotatable bonds is 4. The van der Waals surface area contributed by atoms with Crippen LogP contribution in [0.4, 0.5) is 0 Å². The third-order valence-electron chi connectivity index (χ3n) is 3.82. The number of nitrogens with zero attached hydrogens (tertiary/aromatic N) is 2. The lowest BCUT2D eigenvalue weighted by molar-refractivity contribution is 0.108. The molecule has 0 aliphatic carbocycles. The number of carbonyl (C=O) groups is 1. The van der Waals surface area contributed by atoms with Crippen LogP contribution in [-0.2, 0) is 5.54 Å². The first-order chi connectivity index (χ1) is 11.0. The van der Waals surface area contributed by atoms with Crippen molar-refractivity contribution >= 4 is 40.1 Å². The number of aryl methyl sites for hydroxylation is 1. The van der Waals surface area contributed by atoms with E-state index in [1.54, 1.807) is 18.3 Å².